The Balaban J connectivity index is 0.907. The summed E-state index contributed by atoms with van der Waals surface area (Å²) in [6.07, 6.45) is 3.94. The van der Waals surface area contributed by atoms with Gasteiger partial charge in [-0.15, -0.1) is 22.7 Å². The highest BCUT2D eigenvalue weighted by Gasteiger charge is 2.23. The summed E-state index contributed by atoms with van der Waals surface area (Å²) in [6, 6.07) is 4.02. The zero-order valence-corrected chi connectivity index (χ0v) is 29.5. The third-order valence-electron chi connectivity index (χ3n) is 7.40. The van der Waals surface area contributed by atoms with Crippen molar-refractivity contribution < 1.29 is 42.9 Å². The summed E-state index contributed by atoms with van der Waals surface area (Å²) in [5.41, 5.74) is 1.84. The quantitative estimate of drug-likeness (QED) is 0.107. The molecule has 1 N–H and O–H groups in total. The van der Waals surface area contributed by atoms with Gasteiger partial charge in [-0.2, -0.15) is 0 Å². The average molecular weight is 718 g/mol. The number of ether oxygens (including phenoxy) is 4. The van der Waals surface area contributed by atoms with Gasteiger partial charge in [0, 0.05) is 51.7 Å². The molecule has 1 aliphatic rings. The van der Waals surface area contributed by atoms with Crippen LogP contribution >= 0.6 is 22.7 Å². The van der Waals surface area contributed by atoms with E-state index in [0.29, 0.717) is 78.8 Å². The molecule has 4 amide bonds. The van der Waals surface area contributed by atoms with Crippen LogP contribution in [-0.2, 0) is 49.3 Å². The second kappa shape index (κ2) is 20.1. The molecule has 0 unspecified atom stereocenters. The summed E-state index contributed by atoms with van der Waals surface area (Å²) in [5, 5.41) is 4.48. The fourth-order valence-corrected chi connectivity index (χ4v) is 6.82. The molecule has 1 aliphatic heterocycles. The molecule has 0 saturated heterocycles. The standard InChI is InChI=1S/C33H43N5O9S2/c1-23-35-32-26(48-23)6-5-25-33(32)49-28(36-25)22-24(39)4-3-12-37(2)29(41)10-14-44-16-18-46-20-21-47-19-17-45-15-11-34-27(40)9-13-38-30(42)7-8-31(38)43/h5-8H,3-4,9-22H2,1-2H3,(H,34,40). The second-order valence-corrected chi connectivity index (χ2v) is 13.5. The molecule has 0 bridgehead atoms. The van der Waals surface area contributed by atoms with E-state index in [4.69, 9.17) is 18.9 Å². The maximum Gasteiger partial charge on any atom is 0.253 e. The maximum absolute atomic E-state index is 12.6. The van der Waals surface area contributed by atoms with Crippen LogP contribution < -0.4 is 5.32 Å². The van der Waals surface area contributed by atoms with Gasteiger partial charge in [0.15, 0.2) is 0 Å². The predicted octanol–water partition coefficient (Wildman–Crippen LogP) is 2.45. The Hall–Kier alpha value is -3.67. The van der Waals surface area contributed by atoms with Crippen LogP contribution in [0, 0.1) is 6.92 Å². The highest BCUT2D eigenvalue weighted by Crippen LogP contribution is 2.33. The van der Waals surface area contributed by atoms with E-state index >= 15 is 0 Å². The number of imide groups is 1. The van der Waals surface area contributed by atoms with Gasteiger partial charge in [-0.05, 0) is 25.5 Å². The Kier molecular flexibility index (Phi) is 15.7. The van der Waals surface area contributed by atoms with Gasteiger partial charge in [-0.1, -0.05) is 0 Å². The molecule has 3 aromatic rings. The van der Waals surface area contributed by atoms with E-state index in [2.05, 4.69) is 15.3 Å². The molecule has 0 fully saturated rings. The van der Waals surface area contributed by atoms with Crippen LogP contribution in [-0.4, -0.2) is 129 Å². The number of aryl methyl sites for hydroxylation is 1. The maximum atomic E-state index is 12.6. The molecule has 14 nitrogen and oxygen atoms in total. The zero-order chi connectivity index (χ0) is 35.0. The van der Waals surface area contributed by atoms with Gasteiger partial charge < -0.3 is 29.2 Å². The van der Waals surface area contributed by atoms with E-state index in [-0.39, 0.29) is 43.4 Å². The summed E-state index contributed by atoms with van der Waals surface area (Å²) in [4.78, 5) is 71.6. The molecule has 3 heterocycles. The lowest BCUT2D eigenvalue weighted by Crippen LogP contribution is -2.35. The number of Topliss-reactive ketones (excluding diaryl/α,β-unsaturated/α-hetero) is 1. The molecular weight excluding hydrogens is 675 g/mol. The molecule has 2 aromatic heterocycles. The van der Waals surface area contributed by atoms with Crippen LogP contribution in [0.15, 0.2) is 24.3 Å². The minimum absolute atomic E-state index is 0.0363. The summed E-state index contributed by atoms with van der Waals surface area (Å²) < 4.78 is 24.0. The van der Waals surface area contributed by atoms with Gasteiger partial charge >= 0.3 is 0 Å². The van der Waals surface area contributed by atoms with Crippen molar-refractivity contribution in [3.63, 3.8) is 0 Å². The van der Waals surface area contributed by atoms with E-state index < -0.39 is 11.8 Å². The van der Waals surface area contributed by atoms with Gasteiger partial charge in [0.05, 0.1) is 85.6 Å². The first-order valence-corrected chi connectivity index (χ1v) is 17.9. The first-order chi connectivity index (χ1) is 23.7. The molecule has 266 valence electrons. The number of carbonyl (C=O) groups is 5. The van der Waals surface area contributed by atoms with E-state index in [0.717, 1.165) is 35.3 Å². The smallest absolute Gasteiger partial charge is 0.253 e. The second-order valence-electron chi connectivity index (χ2n) is 11.2. The SMILES string of the molecule is Cc1nc2c(ccc3nc(CC(=O)CCCN(C)C(=O)CCOCCOCCOCCOCCNC(=O)CCN4C(=O)C=CC4=O)sc32)s1. The fourth-order valence-electron chi connectivity index (χ4n) is 4.83. The van der Waals surface area contributed by atoms with E-state index in [9.17, 15) is 24.0 Å². The molecule has 4 rings (SSSR count). The average Bonchev–Trinajstić information content (AvgIpc) is 3.76. The largest absolute Gasteiger partial charge is 0.379 e. The topological polar surface area (TPSA) is 167 Å². The number of hydrogen-bond acceptors (Lipinski definition) is 13. The lowest BCUT2D eigenvalue weighted by molar-refractivity contribution is -0.137. The first kappa shape index (κ1) is 38.1. The van der Waals surface area contributed by atoms with E-state index in [1.54, 1.807) is 23.3 Å². The number of rotatable bonds is 24. The third kappa shape index (κ3) is 12.6. The van der Waals surface area contributed by atoms with Gasteiger partial charge in [-0.3, -0.25) is 28.9 Å². The number of benzene rings is 1. The van der Waals surface area contributed by atoms with Gasteiger partial charge in [-0.25, -0.2) is 9.97 Å². The summed E-state index contributed by atoms with van der Waals surface area (Å²) in [6.45, 7) is 5.72. The number of aromatic nitrogens is 2. The van der Waals surface area contributed by atoms with E-state index in [1.807, 2.05) is 19.1 Å². The number of thiazole rings is 2. The minimum Gasteiger partial charge on any atom is -0.379 e. The lowest BCUT2D eigenvalue weighted by Gasteiger charge is -2.17. The van der Waals surface area contributed by atoms with Gasteiger partial charge in [0.25, 0.3) is 11.8 Å². The number of hydrogen-bond donors (Lipinski definition) is 1. The molecule has 0 radical (unpaired) electrons. The molecular formula is C33H43N5O9S2. The molecule has 49 heavy (non-hydrogen) atoms. The Morgan fingerprint density at radius 3 is 2.18 bits per heavy atom. The monoisotopic (exact) mass is 717 g/mol. The van der Waals surface area contributed by atoms with Crippen molar-refractivity contribution in [2.75, 3.05) is 79.5 Å². The van der Waals surface area contributed by atoms with Crippen molar-refractivity contribution in [2.45, 2.75) is 39.0 Å². The van der Waals surface area contributed by atoms with Crippen LogP contribution in [0.2, 0.25) is 0 Å². The molecule has 0 atom stereocenters. The van der Waals surface area contributed by atoms with Crippen molar-refractivity contribution in [3.05, 3.63) is 34.3 Å². The highest BCUT2D eigenvalue weighted by atomic mass is 32.1. The number of carbonyl (C=O) groups excluding carboxylic acids is 5. The summed E-state index contributed by atoms with van der Waals surface area (Å²) in [5.74, 6) is -1.00. The van der Waals surface area contributed by atoms with Gasteiger partial charge in [0.2, 0.25) is 11.8 Å². The van der Waals surface area contributed by atoms with Crippen LogP contribution in [0.4, 0.5) is 0 Å². The Labute approximate surface area is 292 Å². The minimum atomic E-state index is -0.405. The van der Waals surface area contributed by atoms with Crippen molar-refractivity contribution in [3.8, 4) is 0 Å². The number of nitrogens with one attached hydrogen (secondary N) is 1. The number of ketones is 1. The highest BCUT2D eigenvalue weighted by molar-refractivity contribution is 7.22. The molecule has 0 saturated carbocycles. The van der Waals surface area contributed by atoms with Crippen molar-refractivity contribution in [1.29, 1.82) is 0 Å². The first-order valence-electron chi connectivity index (χ1n) is 16.2. The third-order valence-corrected chi connectivity index (χ3v) is 9.41. The normalized spacial score (nSPS) is 12.9. The number of amides is 4. The lowest BCUT2D eigenvalue weighted by atomic mass is 10.1. The van der Waals surface area contributed by atoms with Crippen LogP contribution in [0.1, 0.15) is 35.7 Å². The Bertz CT molecular complexity index is 1600. The summed E-state index contributed by atoms with van der Waals surface area (Å²) in [7, 11) is 1.73. The Morgan fingerprint density at radius 2 is 1.49 bits per heavy atom. The van der Waals surface area contributed by atoms with Crippen molar-refractivity contribution in [1.82, 2.24) is 25.1 Å². The van der Waals surface area contributed by atoms with Crippen LogP contribution in [0.3, 0.4) is 0 Å². The summed E-state index contributed by atoms with van der Waals surface area (Å²) >= 11 is 3.18. The fraction of sp³-hybridized carbons (Fsp3) is 0.545. The predicted molar refractivity (Wildman–Crippen MR) is 184 cm³/mol. The molecule has 0 spiro atoms. The van der Waals surface area contributed by atoms with Crippen molar-refractivity contribution >= 4 is 72.5 Å². The molecule has 1 aromatic carbocycles. The number of fused-ring (bicyclic) bond motifs is 3. The van der Waals surface area contributed by atoms with E-state index in [1.165, 1.54) is 23.5 Å². The van der Waals surface area contributed by atoms with Gasteiger partial charge in [0.1, 0.15) is 16.3 Å². The molecule has 16 heteroatoms. The van der Waals surface area contributed by atoms with Crippen LogP contribution in [0.25, 0.3) is 20.4 Å². The molecule has 0 aliphatic carbocycles. The van der Waals surface area contributed by atoms with Crippen LogP contribution in [0.5, 0.6) is 0 Å². The Morgan fingerprint density at radius 1 is 0.837 bits per heavy atom. The number of nitrogens with zero attached hydrogens (tertiary/aromatic N) is 4. The van der Waals surface area contributed by atoms with Crippen molar-refractivity contribution in [2.24, 2.45) is 0 Å². The zero-order valence-electron chi connectivity index (χ0n) is 27.9.